The van der Waals surface area contributed by atoms with Crippen LogP contribution in [-0.4, -0.2) is 53.8 Å². The Balaban J connectivity index is 1.39. The average molecular weight is 664 g/mol. The molecule has 6 rings (SSSR count). The van der Waals surface area contributed by atoms with Crippen LogP contribution >= 0.6 is 22.9 Å². The van der Waals surface area contributed by atoms with Gasteiger partial charge in [0.05, 0.1) is 22.3 Å². The Morgan fingerprint density at radius 3 is 2.60 bits per heavy atom. The number of nitrogens with two attached hydrogens (primary N) is 1. The van der Waals surface area contributed by atoms with Gasteiger partial charge in [0.25, 0.3) is 0 Å². The van der Waals surface area contributed by atoms with Crippen molar-refractivity contribution in [1.29, 1.82) is 0 Å². The first-order chi connectivity index (χ1) is 21.1. The number of thiazole rings is 1. The van der Waals surface area contributed by atoms with E-state index in [0.717, 1.165) is 16.0 Å². The fourth-order valence-electron chi connectivity index (χ4n) is 5.04. The molecule has 17 heteroatoms. The number of halogens is 6. The van der Waals surface area contributed by atoms with Crippen molar-refractivity contribution in [3.63, 3.8) is 0 Å². The molecule has 1 aliphatic heterocycles. The second-order valence-corrected chi connectivity index (χ2v) is 11.6. The normalized spacial score (nSPS) is 16.6. The number of hydrogen-bond acceptors (Lipinski definition) is 8. The molecule has 0 spiro atoms. The van der Waals surface area contributed by atoms with Gasteiger partial charge in [0.1, 0.15) is 27.8 Å². The third-order valence-electron chi connectivity index (χ3n) is 7.44. The molecule has 0 radical (unpaired) electrons. The van der Waals surface area contributed by atoms with Crippen LogP contribution in [0.15, 0.2) is 47.8 Å². The van der Waals surface area contributed by atoms with Crippen molar-refractivity contribution in [3.05, 3.63) is 69.0 Å². The lowest BCUT2D eigenvalue weighted by atomic mass is 9.85. The summed E-state index contributed by atoms with van der Waals surface area (Å²) in [7, 11) is 0. The number of alkyl halides is 5. The highest BCUT2D eigenvalue weighted by Gasteiger charge is 2.57. The number of nitrogens with one attached hydrogen (secondary N) is 1. The van der Waals surface area contributed by atoms with E-state index in [9.17, 15) is 36.6 Å². The minimum Gasteiger partial charge on any atom is -0.478 e. The molecular formula is C28H19ClF5N7O3S. The zero-order chi connectivity index (χ0) is 32.5. The average Bonchev–Trinajstić information content (AvgIpc) is 3.67. The van der Waals surface area contributed by atoms with Gasteiger partial charge in [-0.2, -0.15) is 27.1 Å². The Hall–Kier alpha value is -4.70. The van der Waals surface area contributed by atoms with Crippen LogP contribution in [0.4, 0.5) is 33.6 Å². The highest BCUT2D eigenvalue weighted by Crippen LogP contribution is 2.47. The minimum absolute atomic E-state index is 0.0178. The third-order valence-corrected chi connectivity index (χ3v) is 8.74. The van der Waals surface area contributed by atoms with Crippen molar-refractivity contribution in [2.75, 3.05) is 11.1 Å². The molecule has 4 heterocycles. The van der Waals surface area contributed by atoms with E-state index in [-0.39, 0.29) is 44.8 Å². The molecule has 2 aromatic carbocycles. The summed E-state index contributed by atoms with van der Waals surface area (Å²) in [6, 6.07) is 10.5. The van der Waals surface area contributed by atoms with Crippen molar-refractivity contribution in [2.45, 2.75) is 37.4 Å². The predicted molar refractivity (Wildman–Crippen MR) is 155 cm³/mol. The number of nitrogens with zero attached hydrogens (tertiary/aromatic N) is 5. The van der Waals surface area contributed by atoms with E-state index >= 15 is 0 Å². The maximum absolute atomic E-state index is 13.7. The number of aromatic nitrogens is 5. The van der Waals surface area contributed by atoms with Crippen molar-refractivity contribution in [1.82, 2.24) is 24.7 Å². The number of aryl methyl sites for hydroxylation is 1. The molecule has 10 nitrogen and oxygen atoms in total. The quantitative estimate of drug-likeness (QED) is 0.170. The van der Waals surface area contributed by atoms with Gasteiger partial charge < -0.3 is 16.2 Å². The summed E-state index contributed by atoms with van der Waals surface area (Å²) in [5, 5.41) is 18.7. The van der Waals surface area contributed by atoms with Gasteiger partial charge in [0.15, 0.2) is 5.82 Å². The van der Waals surface area contributed by atoms with Crippen molar-refractivity contribution < 1.29 is 36.6 Å². The topological polar surface area (TPSA) is 149 Å². The molecule has 1 amide bonds. The van der Waals surface area contributed by atoms with Crippen LogP contribution in [0, 0.1) is 0 Å². The van der Waals surface area contributed by atoms with Crippen LogP contribution in [0.25, 0.3) is 33.7 Å². The van der Waals surface area contributed by atoms with Crippen LogP contribution in [0.1, 0.15) is 34.3 Å². The number of amides is 1. The first-order valence-electron chi connectivity index (χ1n) is 13.0. The summed E-state index contributed by atoms with van der Waals surface area (Å²) in [5.74, 6) is -6.79. The zero-order valence-electron chi connectivity index (χ0n) is 22.8. The summed E-state index contributed by atoms with van der Waals surface area (Å²) < 4.78 is 66.8. The summed E-state index contributed by atoms with van der Waals surface area (Å²) in [4.78, 5) is 38.2. The number of aromatic carboxylic acids is 1. The Morgan fingerprint density at radius 1 is 1.13 bits per heavy atom. The summed E-state index contributed by atoms with van der Waals surface area (Å²) in [5.41, 5.74) is 6.36. The molecule has 1 aliphatic rings. The lowest BCUT2D eigenvalue weighted by Gasteiger charge is -2.20. The van der Waals surface area contributed by atoms with E-state index in [2.05, 4.69) is 25.4 Å². The number of nitrogen functional groups attached to an aromatic ring is 1. The predicted octanol–water partition coefficient (Wildman–Crippen LogP) is 6.40. The first kappa shape index (κ1) is 30.3. The molecule has 3 aromatic heterocycles. The zero-order valence-corrected chi connectivity index (χ0v) is 24.4. The second kappa shape index (κ2) is 10.4. The number of hydrogen-bond donors (Lipinski definition) is 3. The van der Waals surface area contributed by atoms with Crippen LogP contribution < -0.4 is 11.1 Å². The molecular weight excluding hydrogens is 645 g/mol. The maximum atomic E-state index is 13.7. The standard InChI is InChI=1S/C28H19ClF5N7O3S/c1-26(25-36-16(11-45-25)12-3-2-4-13(9-12)23(42)43)18-20(35)37-22(38-21(18)39-24(26)44)19-15-6-5-14(29)10-17(15)41(40-19)8-7-27(30,31)28(32,33)34/h2-6,9-11H,7-8H2,1H3,(H,42,43)(H3,35,37,38,39,44)/t26-/m0/s1. The number of rotatable bonds is 7. The maximum Gasteiger partial charge on any atom is 0.453 e. The third kappa shape index (κ3) is 5.03. The highest BCUT2D eigenvalue weighted by molar-refractivity contribution is 7.10. The van der Waals surface area contributed by atoms with Crippen molar-refractivity contribution in [3.8, 4) is 22.8 Å². The van der Waals surface area contributed by atoms with Gasteiger partial charge in [-0.15, -0.1) is 11.3 Å². The fraction of sp³-hybridized carbons (Fsp3) is 0.214. The van der Waals surface area contributed by atoms with Crippen LogP contribution in [0.3, 0.4) is 0 Å². The highest BCUT2D eigenvalue weighted by atomic mass is 35.5. The molecule has 5 aromatic rings. The lowest BCUT2D eigenvalue weighted by molar-refractivity contribution is -0.285. The molecule has 0 saturated heterocycles. The Morgan fingerprint density at radius 2 is 1.89 bits per heavy atom. The smallest absolute Gasteiger partial charge is 0.453 e. The van der Waals surface area contributed by atoms with E-state index in [1.54, 1.807) is 24.4 Å². The summed E-state index contributed by atoms with van der Waals surface area (Å²) in [6.07, 6.45) is -7.31. The molecule has 0 bridgehead atoms. The van der Waals surface area contributed by atoms with Gasteiger partial charge in [-0.1, -0.05) is 23.7 Å². The van der Waals surface area contributed by atoms with Crippen molar-refractivity contribution in [2.24, 2.45) is 0 Å². The van der Waals surface area contributed by atoms with Crippen LogP contribution in [0.2, 0.25) is 5.02 Å². The van der Waals surface area contributed by atoms with E-state index in [1.165, 1.54) is 30.3 Å². The molecule has 0 aliphatic carbocycles. The van der Waals surface area contributed by atoms with E-state index in [0.29, 0.717) is 21.7 Å². The van der Waals surface area contributed by atoms with Gasteiger partial charge in [-0.3, -0.25) is 9.48 Å². The fourth-order valence-corrected chi connectivity index (χ4v) is 6.20. The Labute approximate surface area is 258 Å². The summed E-state index contributed by atoms with van der Waals surface area (Å²) in [6.45, 7) is 0.775. The number of benzene rings is 2. The molecule has 1 atom stereocenters. The van der Waals surface area contributed by atoms with Gasteiger partial charge in [0.2, 0.25) is 5.91 Å². The van der Waals surface area contributed by atoms with Gasteiger partial charge in [-0.25, -0.2) is 19.7 Å². The molecule has 0 saturated carbocycles. The molecule has 0 unspecified atom stereocenters. The van der Waals surface area contributed by atoms with Crippen LogP contribution in [0.5, 0.6) is 0 Å². The number of carboxylic acids is 1. The lowest BCUT2D eigenvalue weighted by Crippen LogP contribution is -2.37. The molecule has 0 fully saturated rings. The second-order valence-electron chi connectivity index (χ2n) is 10.3. The first-order valence-corrected chi connectivity index (χ1v) is 14.3. The van der Waals surface area contributed by atoms with Gasteiger partial charge in [-0.05, 0) is 37.3 Å². The van der Waals surface area contributed by atoms with Gasteiger partial charge >= 0.3 is 18.1 Å². The van der Waals surface area contributed by atoms with Crippen LogP contribution in [-0.2, 0) is 16.8 Å². The van der Waals surface area contributed by atoms with E-state index < -0.39 is 42.4 Å². The van der Waals surface area contributed by atoms with Crippen molar-refractivity contribution >= 4 is 57.4 Å². The number of carbonyl (C=O) groups is 2. The molecule has 45 heavy (non-hydrogen) atoms. The number of carbonyl (C=O) groups excluding carboxylic acids is 1. The summed E-state index contributed by atoms with van der Waals surface area (Å²) >= 11 is 7.23. The molecule has 4 N–H and O–H groups in total. The monoisotopic (exact) mass is 663 g/mol. The Bertz CT molecular complexity index is 2030. The minimum atomic E-state index is -5.74. The number of carboxylic acid groups (broad SMARTS) is 1. The van der Waals surface area contributed by atoms with E-state index in [4.69, 9.17) is 17.3 Å². The van der Waals surface area contributed by atoms with E-state index in [1.807, 2.05) is 0 Å². The van der Waals surface area contributed by atoms with Gasteiger partial charge in [0, 0.05) is 34.3 Å². The molecule has 232 valence electrons. The Kier molecular flexibility index (Phi) is 7.04. The number of fused-ring (bicyclic) bond motifs is 2. The largest absolute Gasteiger partial charge is 0.478 e. The number of anilines is 2. The SMILES string of the molecule is C[C@@]1(c2nc(-c3cccc(C(=O)O)c3)cs2)C(=O)Nc2nc(-c3nn(CCC(F)(F)C(F)(F)F)c4cc(Cl)ccc34)nc(N)c21.